The van der Waals surface area contributed by atoms with Crippen molar-refractivity contribution in [3.8, 4) is 0 Å². The van der Waals surface area contributed by atoms with Gasteiger partial charge in [0, 0.05) is 25.4 Å². The van der Waals surface area contributed by atoms with Crippen molar-refractivity contribution >= 4 is 42.6 Å². The molecule has 3 heterocycles. The number of rotatable bonds is 5. The lowest BCUT2D eigenvalue weighted by molar-refractivity contribution is -0.123. The smallest absolute Gasteiger partial charge is 0.233 e. The van der Waals surface area contributed by atoms with Crippen LogP contribution in [0.5, 0.6) is 0 Å². The van der Waals surface area contributed by atoms with Gasteiger partial charge in [-0.1, -0.05) is 17.4 Å². The van der Waals surface area contributed by atoms with E-state index in [0.717, 1.165) is 23.7 Å². The van der Waals surface area contributed by atoms with Crippen LogP contribution in [0.25, 0.3) is 10.2 Å². The number of halogens is 2. The first kappa shape index (κ1) is 21.7. The van der Waals surface area contributed by atoms with E-state index in [9.17, 15) is 22.0 Å². The van der Waals surface area contributed by atoms with E-state index in [4.69, 9.17) is 0 Å². The molecule has 2 aromatic heterocycles. The number of aromatic nitrogens is 2. The Morgan fingerprint density at radius 2 is 2.13 bits per heavy atom. The van der Waals surface area contributed by atoms with Gasteiger partial charge in [-0.05, 0) is 31.0 Å². The fourth-order valence-corrected chi connectivity index (χ4v) is 5.54. The van der Waals surface area contributed by atoms with Crippen molar-refractivity contribution in [2.45, 2.75) is 19.4 Å². The van der Waals surface area contributed by atoms with E-state index >= 15 is 0 Å². The Morgan fingerprint density at radius 3 is 2.84 bits per heavy atom. The van der Waals surface area contributed by atoms with Gasteiger partial charge >= 0.3 is 0 Å². The number of hydrogen-bond acceptors (Lipinski definition) is 6. The van der Waals surface area contributed by atoms with Gasteiger partial charge in [0.1, 0.15) is 11.3 Å². The van der Waals surface area contributed by atoms with Crippen LogP contribution in [0, 0.1) is 17.6 Å². The molecule has 1 aliphatic heterocycles. The molecule has 1 aliphatic rings. The summed E-state index contributed by atoms with van der Waals surface area (Å²) in [7, 11) is -3.43. The number of benzene rings is 1. The molecule has 4 rings (SSSR count). The van der Waals surface area contributed by atoms with Crippen LogP contribution in [0.1, 0.15) is 18.5 Å². The zero-order valence-corrected chi connectivity index (χ0v) is 18.3. The summed E-state index contributed by atoms with van der Waals surface area (Å²) in [5.41, 5.74) is 0.583. The molecule has 7 nitrogen and oxygen atoms in total. The predicted molar refractivity (Wildman–Crippen MR) is 114 cm³/mol. The van der Waals surface area contributed by atoms with Gasteiger partial charge in [0.2, 0.25) is 15.9 Å². The maximum atomic E-state index is 14.2. The molecule has 0 spiro atoms. The molecule has 11 heteroatoms. The van der Waals surface area contributed by atoms with Crippen molar-refractivity contribution in [2.75, 3.05) is 24.2 Å². The third-order valence-electron chi connectivity index (χ3n) is 5.15. The largest absolute Gasteiger partial charge is 0.282 e. The Balaban J connectivity index is 1.71. The molecule has 164 valence electrons. The molecule has 0 aliphatic carbocycles. The maximum Gasteiger partial charge on any atom is 0.233 e. The molecular weight excluding hydrogens is 446 g/mol. The third-order valence-corrected chi connectivity index (χ3v) is 7.44. The highest BCUT2D eigenvalue weighted by atomic mass is 32.2. The van der Waals surface area contributed by atoms with Crippen molar-refractivity contribution in [3.63, 3.8) is 0 Å². The summed E-state index contributed by atoms with van der Waals surface area (Å²) in [6.07, 6.45) is 3.80. The summed E-state index contributed by atoms with van der Waals surface area (Å²) < 4.78 is 53.4. The van der Waals surface area contributed by atoms with Crippen molar-refractivity contribution in [1.82, 2.24) is 14.3 Å². The number of nitrogens with zero attached hydrogens (tertiary/aromatic N) is 4. The predicted octanol–water partition coefficient (Wildman–Crippen LogP) is 3.17. The lowest BCUT2D eigenvalue weighted by Crippen LogP contribution is -2.46. The number of carbonyl (C=O) groups is 1. The Hall–Kier alpha value is -2.50. The van der Waals surface area contributed by atoms with Crippen LogP contribution < -0.4 is 4.90 Å². The number of thiazole rings is 1. The van der Waals surface area contributed by atoms with E-state index in [0.29, 0.717) is 25.1 Å². The highest BCUT2D eigenvalue weighted by Crippen LogP contribution is 2.33. The number of piperidine rings is 1. The van der Waals surface area contributed by atoms with Crippen molar-refractivity contribution in [3.05, 3.63) is 53.9 Å². The van der Waals surface area contributed by atoms with Gasteiger partial charge in [-0.2, -0.15) is 0 Å². The van der Waals surface area contributed by atoms with Crippen LogP contribution in [-0.4, -0.2) is 47.9 Å². The Labute approximate surface area is 182 Å². The molecule has 3 aromatic rings. The molecule has 1 aromatic carbocycles. The van der Waals surface area contributed by atoms with Gasteiger partial charge in [-0.3, -0.25) is 14.7 Å². The van der Waals surface area contributed by atoms with E-state index in [1.807, 2.05) is 0 Å². The Morgan fingerprint density at radius 1 is 1.32 bits per heavy atom. The topological polar surface area (TPSA) is 83.5 Å². The number of pyridine rings is 1. The molecule has 0 N–H and O–H groups in total. The van der Waals surface area contributed by atoms with Gasteiger partial charge in [0.15, 0.2) is 10.9 Å². The third kappa shape index (κ3) is 4.73. The molecule has 1 amide bonds. The van der Waals surface area contributed by atoms with Gasteiger partial charge < -0.3 is 0 Å². The minimum atomic E-state index is -3.43. The monoisotopic (exact) mass is 466 g/mol. The minimum Gasteiger partial charge on any atom is -0.282 e. The number of amides is 1. The SMILES string of the molecule is CS(=O)(=O)N1CCCC(C(=O)N(Cc2ccccn2)c2nc3c(F)cc(F)cc3s2)C1. The second-order valence-corrected chi connectivity index (χ2v) is 10.4. The molecule has 1 atom stereocenters. The summed E-state index contributed by atoms with van der Waals surface area (Å²) >= 11 is 1.01. The van der Waals surface area contributed by atoms with Crippen molar-refractivity contribution in [2.24, 2.45) is 5.92 Å². The summed E-state index contributed by atoms with van der Waals surface area (Å²) in [4.78, 5) is 23.4. The maximum absolute atomic E-state index is 14.2. The normalized spacial score (nSPS) is 17.7. The van der Waals surface area contributed by atoms with E-state index < -0.39 is 27.6 Å². The van der Waals surface area contributed by atoms with Crippen LogP contribution in [-0.2, 0) is 21.4 Å². The molecule has 0 radical (unpaired) electrons. The van der Waals surface area contributed by atoms with E-state index in [-0.39, 0.29) is 34.3 Å². The molecular formula is C20H20F2N4O3S2. The van der Waals surface area contributed by atoms with E-state index in [2.05, 4.69) is 9.97 Å². The summed E-state index contributed by atoms with van der Waals surface area (Å²) in [5, 5.41) is 0.214. The summed E-state index contributed by atoms with van der Waals surface area (Å²) in [6.45, 7) is 0.526. The highest BCUT2D eigenvalue weighted by molar-refractivity contribution is 7.88. The number of hydrogen-bond donors (Lipinski definition) is 0. The van der Waals surface area contributed by atoms with Crippen LogP contribution in [0.2, 0.25) is 0 Å². The zero-order valence-electron chi connectivity index (χ0n) is 16.7. The standard InChI is InChI=1S/C20H20F2N4O3S2/c1-31(28,29)25-8-4-5-13(11-25)19(27)26(12-15-6-2-3-7-23-15)20-24-18-16(22)9-14(21)10-17(18)30-20/h2-3,6-7,9-10,13H,4-5,8,11-12H2,1H3. The lowest BCUT2D eigenvalue weighted by Gasteiger charge is -2.32. The van der Waals surface area contributed by atoms with Crippen LogP contribution >= 0.6 is 11.3 Å². The van der Waals surface area contributed by atoms with Gasteiger partial charge in [-0.15, -0.1) is 0 Å². The summed E-state index contributed by atoms with van der Waals surface area (Å²) in [5.74, 6) is -2.41. The Kier molecular flexibility index (Phi) is 6.00. The average Bonchev–Trinajstić information content (AvgIpc) is 3.16. The zero-order chi connectivity index (χ0) is 22.2. The molecule has 1 saturated heterocycles. The van der Waals surface area contributed by atoms with Crippen molar-refractivity contribution < 1.29 is 22.0 Å². The molecule has 0 saturated carbocycles. The number of anilines is 1. The number of sulfonamides is 1. The molecule has 0 bridgehead atoms. The highest BCUT2D eigenvalue weighted by Gasteiger charge is 2.34. The summed E-state index contributed by atoms with van der Waals surface area (Å²) in [6, 6.07) is 7.20. The number of carbonyl (C=O) groups excluding carboxylic acids is 1. The fraction of sp³-hybridized carbons (Fsp3) is 0.350. The van der Waals surface area contributed by atoms with E-state index in [1.54, 1.807) is 24.4 Å². The number of fused-ring (bicyclic) bond motifs is 1. The van der Waals surface area contributed by atoms with Gasteiger partial charge in [0.05, 0.1) is 29.1 Å². The van der Waals surface area contributed by atoms with Gasteiger partial charge in [-0.25, -0.2) is 26.5 Å². The Bertz CT molecular complexity index is 1220. The average molecular weight is 467 g/mol. The first-order chi connectivity index (χ1) is 14.7. The first-order valence-electron chi connectivity index (χ1n) is 9.64. The molecule has 31 heavy (non-hydrogen) atoms. The minimum absolute atomic E-state index is 0.0124. The first-order valence-corrected chi connectivity index (χ1v) is 12.3. The van der Waals surface area contributed by atoms with E-state index in [1.165, 1.54) is 15.3 Å². The van der Waals surface area contributed by atoms with Crippen molar-refractivity contribution in [1.29, 1.82) is 0 Å². The second-order valence-electron chi connectivity index (χ2n) is 7.44. The van der Waals surface area contributed by atoms with Crippen LogP contribution in [0.4, 0.5) is 13.9 Å². The lowest BCUT2D eigenvalue weighted by atomic mass is 9.98. The van der Waals surface area contributed by atoms with Crippen LogP contribution in [0.3, 0.4) is 0 Å². The van der Waals surface area contributed by atoms with Gasteiger partial charge in [0.25, 0.3) is 0 Å². The molecule has 1 unspecified atom stereocenters. The van der Waals surface area contributed by atoms with Crippen LogP contribution in [0.15, 0.2) is 36.5 Å². The molecule has 1 fully saturated rings. The quantitative estimate of drug-likeness (QED) is 0.577. The second kappa shape index (κ2) is 8.56. The fourth-order valence-electron chi connectivity index (χ4n) is 3.62.